The van der Waals surface area contributed by atoms with Crippen LogP contribution in [-0.2, 0) is 23.7 Å². The molecule has 10 heteroatoms. The van der Waals surface area contributed by atoms with Gasteiger partial charge in [-0.3, -0.25) is 0 Å². The molecule has 7 rings (SSSR count). The summed E-state index contributed by atoms with van der Waals surface area (Å²) in [6.45, 7) is 1.29. The van der Waals surface area contributed by atoms with Gasteiger partial charge in [-0.2, -0.15) is 0 Å². The van der Waals surface area contributed by atoms with Crippen LogP contribution >= 0.6 is 0 Å². The molecule has 41 heavy (non-hydrogen) atoms. The molecule has 1 heterocycles. The molecule has 3 N–H and O–H groups in total. The summed E-state index contributed by atoms with van der Waals surface area (Å²) in [5, 5.41) is 37.6. The number of aliphatic hydroxyl groups excluding tert-OH is 1. The van der Waals surface area contributed by atoms with E-state index in [4.69, 9.17) is 23.7 Å². The van der Waals surface area contributed by atoms with Gasteiger partial charge in [-0.15, -0.1) is 0 Å². The van der Waals surface area contributed by atoms with Gasteiger partial charge in [0.1, 0.15) is 29.5 Å². The summed E-state index contributed by atoms with van der Waals surface area (Å²) >= 11 is 0. The second-order valence-corrected chi connectivity index (χ2v) is 13.6. The average molecular weight is 574 g/mol. The standard InChI is InChI=1S/C31H43NO9/c1-32-14-28(15-37-2)12-11-18(38-3)30-17-13-29(35)25(41-27(34)16-9-7-6-8-10-16)19(17)31(36,24(33)26(29)40-5)20(23(30)32)21(39-4)22(28)30/h6-10,17-26,33,35-36H,11-15H2,1-5H3/t17?,18-,19?,20?,21-,22?,23?,24-,25?,26-,28-,29+,30-,31+/m0/s1. The molecule has 10 nitrogen and oxygen atoms in total. The van der Waals surface area contributed by atoms with E-state index in [0.29, 0.717) is 12.2 Å². The van der Waals surface area contributed by atoms with Crippen molar-refractivity contribution >= 4 is 5.97 Å². The first-order chi connectivity index (χ1) is 19.6. The third-order valence-corrected chi connectivity index (χ3v) is 12.5. The number of aliphatic hydroxyl groups is 3. The van der Waals surface area contributed by atoms with E-state index in [2.05, 4.69) is 11.9 Å². The number of rotatable bonds is 7. The Bertz CT molecular complexity index is 1200. The maximum absolute atomic E-state index is 13.5. The molecule has 226 valence electrons. The van der Waals surface area contributed by atoms with E-state index in [1.54, 1.807) is 45.6 Å². The van der Waals surface area contributed by atoms with Gasteiger partial charge in [-0.25, -0.2) is 4.79 Å². The van der Waals surface area contributed by atoms with E-state index in [1.165, 1.54) is 7.11 Å². The molecule has 6 unspecified atom stereocenters. The van der Waals surface area contributed by atoms with Crippen molar-refractivity contribution in [3.63, 3.8) is 0 Å². The molecule has 1 aromatic carbocycles. The van der Waals surface area contributed by atoms with Crippen LogP contribution in [0.5, 0.6) is 0 Å². The van der Waals surface area contributed by atoms with Gasteiger partial charge < -0.3 is 43.9 Å². The Morgan fingerprint density at radius 3 is 2.39 bits per heavy atom. The van der Waals surface area contributed by atoms with Crippen molar-refractivity contribution in [3.8, 4) is 0 Å². The lowest BCUT2D eigenvalue weighted by Crippen LogP contribution is -2.79. The number of benzene rings is 1. The first kappa shape index (κ1) is 28.2. The van der Waals surface area contributed by atoms with Crippen molar-refractivity contribution in [2.75, 3.05) is 48.6 Å². The van der Waals surface area contributed by atoms with Crippen molar-refractivity contribution in [3.05, 3.63) is 35.9 Å². The van der Waals surface area contributed by atoms with Gasteiger partial charge in [0.05, 0.1) is 24.4 Å². The zero-order valence-corrected chi connectivity index (χ0v) is 24.4. The number of carbonyl (C=O) groups excluding carboxylic acids is 1. The minimum atomic E-state index is -1.76. The van der Waals surface area contributed by atoms with E-state index in [1.807, 2.05) is 6.07 Å². The van der Waals surface area contributed by atoms with Crippen molar-refractivity contribution in [1.82, 2.24) is 4.90 Å². The normalized spacial score (nSPS) is 52.9. The highest BCUT2D eigenvalue weighted by Crippen LogP contribution is 2.80. The number of esters is 1. The zero-order chi connectivity index (χ0) is 29.1. The summed E-state index contributed by atoms with van der Waals surface area (Å²) in [5.41, 5.74) is -3.95. The minimum absolute atomic E-state index is 0.0644. The molecule has 14 atom stereocenters. The van der Waals surface area contributed by atoms with Crippen molar-refractivity contribution in [2.24, 2.45) is 34.5 Å². The molecule has 7 bridgehead atoms. The summed E-state index contributed by atoms with van der Waals surface area (Å²) in [7, 11) is 8.65. The van der Waals surface area contributed by atoms with Crippen LogP contribution in [0.15, 0.2) is 30.3 Å². The third kappa shape index (κ3) is 3.08. The largest absolute Gasteiger partial charge is 0.455 e. The summed E-state index contributed by atoms with van der Waals surface area (Å²) < 4.78 is 30.6. The van der Waals surface area contributed by atoms with Crippen molar-refractivity contribution < 1.29 is 43.8 Å². The second-order valence-electron chi connectivity index (χ2n) is 13.6. The molecule has 5 aliphatic carbocycles. The summed E-state index contributed by atoms with van der Waals surface area (Å²) in [5.74, 6) is -2.30. The SMILES string of the molecule is COC[C@]12CC[C@H](OC)[C@]34C5C[C@@]6(O)C(OC(=O)c7ccccc7)C5[C@@](O)(C(C3N(C)C1)[C@H](OC)C24)[C@@H](O)[C@@H]6OC. The van der Waals surface area contributed by atoms with Crippen molar-refractivity contribution in [2.45, 2.75) is 67.0 Å². The first-order valence-corrected chi connectivity index (χ1v) is 14.8. The lowest BCUT2D eigenvalue weighted by atomic mass is 9.43. The molecular weight excluding hydrogens is 530 g/mol. The fraction of sp³-hybridized carbons (Fsp3) is 0.774. The molecule has 5 saturated carbocycles. The van der Waals surface area contributed by atoms with Gasteiger partial charge in [-0.05, 0) is 44.4 Å². The number of nitrogens with zero attached hydrogens (tertiary/aromatic N) is 1. The smallest absolute Gasteiger partial charge is 0.338 e. The summed E-state index contributed by atoms with van der Waals surface area (Å²) in [6, 6.07) is 8.46. The second kappa shape index (κ2) is 9.19. The number of hydrogen-bond acceptors (Lipinski definition) is 10. The monoisotopic (exact) mass is 573 g/mol. The molecule has 0 aromatic heterocycles. The highest BCUT2D eigenvalue weighted by Gasteiger charge is 2.90. The predicted octanol–water partition coefficient (Wildman–Crippen LogP) is 0.716. The summed E-state index contributed by atoms with van der Waals surface area (Å²) in [4.78, 5) is 15.8. The van der Waals surface area contributed by atoms with Gasteiger partial charge in [0, 0.05) is 69.6 Å². The Morgan fingerprint density at radius 1 is 1.02 bits per heavy atom. The predicted molar refractivity (Wildman–Crippen MR) is 145 cm³/mol. The molecule has 0 radical (unpaired) electrons. The van der Waals surface area contributed by atoms with Gasteiger partial charge in [0.25, 0.3) is 0 Å². The lowest BCUT2D eigenvalue weighted by molar-refractivity contribution is -0.313. The maximum atomic E-state index is 13.5. The summed E-state index contributed by atoms with van der Waals surface area (Å²) in [6.07, 6.45) is -2.45. The number of likely N-dealkylation sites (tertiary alicyclic amines) is 1. The Kier molecular flexibility index (Phi) is 6.31. The number of fused-ring (bicyclic) bond motifs is 2. The quantitative estimate of drug-likeness (QED) is 0.402. The number of hydrogen-bond donors (Lipinski definition) is 3. The number of piperidine rings is 1. The Labute approximate surface area is 240 Å². The maximum Gasteiger partial charge on any atom is 0.338 e. The van der Waals surface area contributed by atoms with E-state index < -0.39 is 58.8 Å². The van der Waals surface area contributed by atoms with E-state index in [-0.39, 0.29) is 35.8 Å². The van der Waals surface area contributed by atoms with Crippen molar-refractivity contribution in [1.29, 1.82) is 0 Å². The van der Waals surface area contributed by atoms with Crippen LogP contribution in [0.4, 0.5) is 0 Å². The highest BCUT2D eigenvalue weighted by atomic mass is 16.6. The molecule has 1 saturated heterocycles. The number of methoxy groups -OCH3 is 4. The van der Waals surface area contributed by atoms with Crippen LogP contribution in [0.3, 0.4) is 0 Å². The lowest BCUT2D eigenvalue weighted by Gasteiger charge is -2.69. The van der Waals surface area contributed by atoms with Gasteiger partial charge in [-0.1, -0.05) is 18.2 Å². The molecular formula is C31H43NO9. The van der Waals surface area contributed by atoms with Crippen LogP contribution in [0.25, 0.3) is 0 Å². The van der Waals surface area contributed by atoms with E-state index >= 15 is 0 Å². The van der Waals surface area contributed by atoms with E-state index in [0.717, 1.165) is 19.4 Å². The average Bonchev–Trinajstić information content (AvgIpc) is 3.36. The molecule has 1 aliphatic heterocycles. The zero-order valence-electron chi connectivity index (χ0n) is 24.4. The van der Waals surface area contributed by atoms with Gasteiger partial charge >= 0.3 is 5.97 Å². The van der Waals surface area contributed by atoms with Crippen LogP contribution in [0.2, 0.25) is 0 Å². The molecule has 6 aliphatic rings. The van der Waals surface area contributed by atoms with Crippen LogP contribution in [-0.4, -0.2) is 123 Å². The molecule has 6 fully saturated rings. The topological polar surface area (TPSA) is 127 Å². The highest BCUT2D eigenvalue weighted by molar-refractivity contribution is 5.89. The molecule has 1 aromatic rings. The van der Waals surface area contributed by atoms with Gasteiger partial charge in [0.2, 0.25) is 0 Å². The van der Waals surface area contributed by atoms with Gasteiger partial charge in [0.15, 0.2) is 0 Å². The fourth-order valence-corrected chi connectivity index (χ4v) is 11.8. The fourth-order valence-electron chi connectivity index (χ4n) is 11.8. The van der Waals surface area contributed by atoms with Crippen LogP contribution < -0.4 is 0 Å². The Balaban J connectivity index is 1.46. The Morgan fingerprint density at radius 2 is 1.76 bits per heavy atom. The van der Waals surface area contributed by atoms with Crippen LogP contribution in [0.1, 0.15) is 29.6 Å². The third-order valence-electron chi connectivity index (χ3n) is 12.5. The number of carbonyl (C=O) groups is 1. The number of ether oxygens (including phenoxy) is 5. The van der Waals surface area contributed by atoms with E-state index in [9.17, 15) is 20.1 Å². The van der Waals surface area contributed by atoms with Crippen LogP contribution in [0, 0.1) is 34.5 Å². The first-order valence-electron chi connectivity index (χ1n) is 14.8. The Hall–Kier alpha value is -1.63. The molecule has 1 spiro atoms. The minimum Gasteiger partial charge on any atom is -0.455 e. The molecule has 0 amide bonds.